The largest absolute Gasteiger partial charge is 0.467 e. The molecule has 1 saturated heterocycles. The predicted octanol–water partition coefficient (Wildman–Crippen LogP) is 4.27. The third kappa shape index (κ3) is 5.40. The molecule has 0 saturated carbocycles. The number of amides is 1. The third-order valence-corrected chi connectivity index (χ3v) is 6.70. The van der Waals surface area contributed by atoms with Crippen molar-refractivity contribution in [2.24, 2.45) is 0 Å². The van der Waals surface area contributed by atoms with Gasteiger partial charge in [0, 0.05) is 19.2 Å². The van der Waals surface area contributed by atoms with E-state index in [1.807, 2.05) is 23.6 Å². The molecule has 1 fully saturated rings. The van der Waals surface area contributed by atoms with Crippen LogP contribution in [0.25, 0.3) is 5.69 Å². The first-order valence-corrected chi connectivity index (χ1v) is 12.5. The molecule has 3 aromatic heterocycles. The molecular formula is C24H26FN7O2S. The van der Waals surface area contributed by atoms with E-state index in [1.165, 1.54) is 30.3 Å². The summed E-state index contributed by atoms with van der Waals surface area (Å²) in [5.74, 6) is 1.73. The zero-order valence-corrected chi connectivity index (χ0v) is 20.2. The number of thioether (sulfide) groups is 1. The zero-order valence-electron chi connectivity index (χ0n) is 19.4. The molecule has 0 atom stereocenters. The first-order valence-electron chi connectivity index (χ1n) is 11.5. The number of carbonyl (C=O) groups excluding carboxylic acids is 1. The number of halogens is 1. The number of benzene rings is 1. The van der Waals surface area contributed by atoms with Crippen molar-refractivity contribution >= 4 is 29.4 Å². The topological polar surface area (TPSA) is 94.0 Å². The molecule has 1 amide bonds. The highest BCUT2D eigenvalue weighted by atomic mass is 32.2. The number of hydrogen-bond acceptors (Lipinski definition) is 7. The minimum atomic E-state index is -0.331. The Labute approximate surface area is 206 Å². The van der Waals surface area contributed by atoms with Gasteiger partial charge in [0.2, 0.25) is 11.9 Å². The van der Waals surface area contributed by atoms with Gasteiger partial charge in [-0.3, -0.25) is 9.36 Å². The lowest BCUT2D eigenvalue weighted by molar-refractivity contribution is -0.113. The molecule has 1 aliphatic rings. The van der Waals surface area contributed by atoms with E-state index in [0.29, 0.717) is 23.2 Å². The minimum absolute atomic E-state index is 0.143. The molecule has 35 heavy (non-hydrogen) atoms. The maximum atomic E-state index is 13.3. The lowest BCUT2D eigenvalue weighted by Gasteiger charge is -2.27. The molecule has 11 heteroatoms. The van der Waals surface area contributed by atoms with Crippen LogP contribution in [0.3, 0.4) is 0 Å². The maximum Gasteiger partial charge on any atom is 0.236 e. The Morgan fingerprint density at radius 2 is 1.94 bits per heavy atom. The number of hydrogen-bond donors (Lipinski definition) is 1. The number of rotatable bonds is 8. The second-order valence-electron chi connectivity index (χ2n) is 8.39. The molecule has 9 nitrogen and oxygen atoms in total. The fraction of sp³-hybridized carbons (Fsp3) is 0.333. The van der Waals surface area contributed by atoms with E-state index in [0.717, 1.165) is 43.3 Å². The van der Waals surface area contributed by atoms with Gasteiger partial charge in [-0.1, -0.05) is 11.8 Å². The summed E-state index contributed by atoms with van der Waals surface area (Å²) in [5, 5.41) is 16.8. The number of furan rings is 1. The standard InChI is InChI=1S/C24H26FN7O2S/c1-17-14-21(32(29-17)19-9-7-18(25)8-10-19)26-22(33)16-35-24-28-27-23(30-11-3-2-4-12-30)31(24)15-20-6-5-13-34-20/h5-10,13-14H,2-4,11-12,15-16H2,1H3,(H,26,33). The Hall–Kier alpha value is -3.60. The molecular weight excluding hydrogens is 469 g/mol. The molecule has 0 radical (unpaired) electrons. The van der Waals surface area contributed by atoms with Gasteiger partial charge in [0.15, 0.2) is 5.16 Å². The minimum Gasteiger partial charge on any atom is -0.467 e. The van der Waals surface area contributed by atoms with Crippen molar-refractivity contribution in [3.8, 4) is 5.69 Å². The van der Waals surface area contributed by atoms with Gasteiger partial charge in [0.1, 0.15) is 17.4 Å². The third-order valence-electron chi connectivity index (χ3n) is 5.73. The fourth-order valence-corrected chi connectivity index (χ4v) is 4.82. The van der Waals surface area contributed by atoms with Gasteiger partial charge in [0.05, 0.1) is 29.9 Å². The normalized spacial score (nSPS) is 13.8. The molecule has 182 valence electrons. The first-order chi connectivity index (χ1) is 17.1. The fourth-order valence-electron chi connectivity index (χ4n) is 4.09. The van der Waals surface area contributed by atoms with Crippen LogP contribution in [-0.4, -0.2) is 49.3 Å². The van der Waals surface area contributed by atoms with Crippen LogP contribution in [0.1, 0.15) is 30.7 Å². The average Bonchev–Trinajstić information content (AvgIpc) is 3.60. The lowest BCUT2D eigenvalue weighted by Crippen LogP contribution is -2.32. The van der Waals surface area contributed by atoms with Gasteiger partial charge in [0.25, 0.3) is 0 Å². The lowest BCUT2D eigenvalue weighted by atomic mass is 10.1. The molecule has 0 unspecified atom stereocenters. The van der Waals surface area contributed by atoms with Gasteiger partial charge >= 0.3 is 0 Å². The van der Waals surface area contributed by atoms with Crippen molar-refractivity contribution in [2.75, 3.05) is 29.1 Å². The number of aromatic nitrogens is 5. The van der Waals surface area contributed by atoms with Crippen molar-refractivity contribution in [1.29, 1.82) is 0 Å². The van der Waals surface area contributed by atoms with E-state index >= 15 is 0 Å². The molecule has 5 rings (SSSR count). The van der Waals surface area contributed by atoms with Crippen LogP contribution in [0, 0.1) is 12.7 Å². The molecule has 0 aliphatic carbocycles. The Balaban J connectivity index is 1.30. The number of nitrogens with one attached hydrogen (secondary N) is 1. The first kappa shape index (κ1) is 23.2. The highest BCUT2D eigenvalue weighted by Gasteiger charge is 2.22. The smallest absolute Gasteiger partial charge is 0.236 e. The van der Waals surface area contributed by atoms with E-state index in [-0.39, 0.29) is 17.5 Å². The Bertz CT molecular complexity index is 1280. The van der Waals surface area contributed by atoms with Crippen LogP contribution in [0.15, 0.2) is 58.3 Å². The van der Waals surface area contributed by atoms with Gasteiger partial charge in [-0.05, 0) is 62.6 Å². The van der Waals surface area contributed by atoms with E-state index in [2.05, 4.69) is 25.5 Å². The van der Waals surface area contributed by atoms with Crippen molar-refractivity contribution in [1.82, 2.24) is 24.5 Å². The van der Waals surface area contributed by atoms with Crippen LogP contribution in [0.2, 0.25) is 0 Å². The summed E-state index contributed by atoms with van der Waals surface area (Å²) < 4.78 is 22.5. The monoisotopic (exact) mass is 495 g/mol. The Morgan fingerprint density at radius 3 is 2.69 bits per heavy atom. The van der Waals surface area contributed by atoms with Crippen LogP contribution >= 0.6 is 11.8 Å². The molecule has 1 aliphatic heterocycles. The highest BCUT2D eigenvalue weighted by Crippen LogP contribution is 2.26. The number of anilines is 2. The van der Waals surface area contributed by atoms with Crippen LogP contribution < -0.4 is 10.2 Å². The molecule has 1 aromatic carbocycles. The van der Waals surface area contributed by atoms with Gasteiger partial charge in [-0.25, -0.2) is 9.07 Å². The number of carbonyl (C=O) groups is 1. The SMILES string of the molecule is Cc1cc(NC(=O)CSc2nnc(N3CCCCC3)n2Cc2ccco2)n(-c2ccc(F)cc2)n1. The van der Waals surface area contributed by atoms with E-state index in [9.17, 15) is 9.18 Å². The zero-order chi connectivity index (χ0) is 24.2. The van der Waals surface area contributed by atoms with Crippen LogP contribution in [0.5, 0.6) is 0 Å². The molecule has 1 N–H and O–H groups in total. The Kier molecular flexibility index (Phi) is 6.84. The summed E-state index contributed by atoms with van der Waals surface area (Å²) in [7, 11) is 0. The van der Waals surface area contributed by atoms with Gasteiger partial charge in [-0.15, -0.1) is 10.2 Å². The molecule has 0 spiro atoms. The second-order valence-corrected chi connectivity index (χ2v) is 9.33. The molecule has 4 heterocycles. The summed E-state index contributed by atoms with van der Waals surface area (Å²) in [4.78, 5) is 15.1. The number of aryl methyl sites for hydroxylation is 1. The van der Waals surface area contributed by atoms with E-state index in [4.69, 9.17) is 4.42 Å². The quantitative estimate of drug-likeness (QED) is 0.365. The van der Waals surface area contributed by atoms with Gasteiger partial charge < -0.3 is 14.6 Å². The highest BCUT2D eigenvalue weighted by molar-refractivity contribution is 7.99. The summed E-state index contributed by atoms with van der Waals surface area (Å²) >= 11 is 1.32. The molecule has 0 bridgehead atoms. The van der Waals surface area contributed by atoms with Gasteiger partial charge in [-0.2, -0.15) is 5.10 Å². The van der Waals surface area contributed by atoms with Crippen molar-refractivity contribution in [2.45, 2.75) is 37.9 Å². The summed E-state index contributed by atoms with van der Waals surface area (Å²) in [5.41, 5.74) is 1.40. The summed E-state index contributed by atoms with van der Waals surface area (Å²) in [6, 6.07) is 11.5. The maximum absolute atomic E-state index is 13.3. The average molecular weight is 496 g/mol. The van der Waals surface area contributed by atoms with Crippen LogP contribution in [0.4, 0.5) is 16.2 Å². The van der Waals surface area contributed by atoms with Crippen molar-refractivity contribution in [3.05, 3.63) is 66.0 Å². The second kappa shape index (κ2) is 10.3. The summed E-state index contributed by atoms with van der Waals surface area (Å²) in [6.45, 7) is 4.21. The Morgan fingerprint density at radius 1 is 1.14 bits per heavy atom. The predicted molar refractivity (Wildman–Crippen MR) is 132 cm³/mol. The van der Waals surface area contributed by atoms with Crippen molar-refractivity contribution in [3.63, 3.8) is 0 Å². The van der Waals surface area contributed by atoms with E-state index < -0.39 is 0 Å². The van der Waals surface area contributed by atoms with E-state index in [1.54, 1.807) is 29.1 Å². The number of nitrogens with zero attached hydrogens (tertiary/aromatic N) is 6. The van der Waals surface area contributed by atoms with Crippen LogP contribution in [-0.2, 0) is 11.3 Å². The van der Waals surface area contributed by atoms with Crippen molar-refractivity contribution < 1.29 is 13.6 Å². The molecule has 4 aromatic rings. The summed E-state index contributed by atoms with van der Waals surface area (Å²) in [6.07, 6.45) is 5.12. The number of piperidine rings is 1.